The topological polar surface area (TPSA) is 57.5 Å². The number of carbonyl (C=O) groups is 1. The van der Waals surface area contributed by atoms with Crippen LogP contribution in [0.5, 0.6) is 0 Å². The zero-order valence-electron chi connectivity index (χ0n) is 8.45. The van der Waals surface area contributed by atoms with Crippen molar-refractivity contribution in [3.8, 4) is 0 Å². The van der Waals surface area contributed by atoms with Gasteiger partial charge in [0.15, 0.2) is 0 Å². The molecule has 3 atom stereocenters. The van der Waals surface area contributed by atoms with Crippen molar-refractivity contribution in [2.45, 2.75) is 39.7 Å². The molecular formula is C10H18O3. The van der Waals surface area contributed by atoms with Gasteiger partial charge in [-0.05, 0) is 24.2 Å². The zero-order valence-corrected chi connectivity index (χ0v) is 8.45. The van der Waals surface area contributed by atoms with E-state index in [4.69, 9.17) is 5.11 Å². The summed E-state index contributed by atoms with van der Waals surface area (Å²) in [5.74, 6) is -0.989. The van der Waals surface area contributed by atoms with Gasteiger partial charge in [0.1, 0.15) is 0 Å². The highest BCUT2D eigenvalue weighted by molar-refractivity contribution is 5.71. The van der Waals surface area contributed by atoms with Crippen LogP contribution in [0.3, 0.4) is 0 Å². The normalized spacial score (nSPS) is 38.6. The Morgan fingerprint density at radius 2 is 1.92 bits per heavy atom. The molecule has 0 radical (unpaired) electrons. The van der Waals surface area contributed by atoms with Crippen molar-refractivity contribution >= 4 is 5.97 Å². The molecule has 1 aliphatic carbocycles. The Morgan fingerprint density at radius 1 is 1.38 bits per heavy atom. The average molecular weight is 186 g/mol. The summed E-state index contributed by atoms with van der Waals surface area (Å²) in [5, 5.41) is 18.6. The zero-order chi connectivity index (χ0) is 10.2. The minimum Gasteiger partial charge on any atom is -0.481 e. The van der Waals surface area contributed by atoms with Crippen LogP contribution >= 0.6 is 0 Å². The van der Waals surface area contributed by atoms with Crippen molar-refractivity contribution in [1.82, 2.24) is 0 Å². The maximum absolute atomic E-state index is 10.9. The molecule has 0 aromatic carbocycles. The van der Waals surface area contributed by atoms with Crippen LogP contribution in [0.25, 0.3) is 0 Å². The van der Waals surface area contributed by atoms with Gasteiger partial charge < -0.3 is 10.2 Å². The smallest absolute Gasteiger partial charge is 0.307 e. The quantitative estimate of drug-likeness (QED) is 0.652. The Bertz CT molecular complexity index is 210. The summed E-state index contributed by atoms with van der Waals surface area (Å²) in [6.45, 7) is 5.79. The third kappa shape index (κ3) is 1.70. The number of carboxylic acids is 1. The Labute approximate surface area is 78.8 Å². The molecule has 0 heterocycles. The molecule has 0 aliphatic heterocycles. The van der Waals surface area contributed by atoms with Crippen LogP contribution in [0.15, 0.2) is 0 Å². The number of hydrogen-bond acceptors (Lipinski definition) is 2. The first-order valence-corrected chi connectivity index (χ1v) is 4.78. The first kappa shape index (κ1) is 10.5. The van der Waals surface area contributed by atoms with E-state index in [1.165, 1.54) is 0 Å². The molecule has 3 nitrogen and oxygen atoms in total. The molecule has 0 unspecified atom stereocenters. The number of aliphatic hydroxyl groups is 1. The summed E-state index contributed by atoms with van der Waals surface area (Å²) in [6.07, 6.45) is 0.862. The molecule has 0 aromatic heterocycles. The average Bonchev–Trinajstić information content (AvgIpc) is 1.99. The number of aliphatic carboxylic acids is 1. The Kier molecular flexibility index (Phi) is 2.66. The van der Waals surface area contributed by atoms with E-state index in [9.17, 15) is 9.90 Å². The van der Waals surface area contributed by atoms with E-state index in [1.54, 1.807) is 0 Å². The third-order valence-corrected chi connectivity index (χ3v) is 3.70. The molecule has 2 N–H and O–H groups in total. The van der Waals surface area contributed by atoms with Crippen molar-refractivity contribution in [3.05, 3.63) is 0 Å². The standard InChI is InChI=1S/C10H18O3/c1-6-8(11)5-4-7(9(12)13)10(6,2)3/h6-8,11H,4-5H2,1-3H3,(H,12,13)/t6-,7-,8-/m1/s1. The summed E-state index contributed by atoms with van der Waals surface area (Å²) in [5.41, 5.74) is -0.302. The number of aliphatic hydroxyl groups excluding tert-OH is 1. The molecule has 0 spiro atoms. The minimum absolute atomic E-state index is 0.0577. The molecular weight excluding hydrogens is 168 g/mol. The van der Waals surface area contributed by atoms with Gasteiger partial charge in [0.2, 0.25) is 0 Å². The van der Waals surface area contributed by atoms with E-state index in [2.05, 4.69) is 0 Å². The van der Waals surface area contributed by atoms with Crippen LogP contribution in [-0.2, 0) is 4.79 Å². The highest BCUT2D eigenvalue weighted by Crippen LogP contribution is 2.44. The van der Waals surface area contributed by atoms with Crippen LogP contribution in [0, 0.1) is 17.3 Å². The molecule has 0 bridgehead atoms. The molecule has 13 heavy (non-hydrogen) atoms. The maximum Gasteiger partial charge on any atom is 0.307 e. The van der Waals surface area contributed by atoms with Crippen LogP contribution < -0.4 is 0 Å². The van der Waals surface area contributed by atoms with Crippen molar-refractivity contribution in [1.29, 1.82) is 0 Å². The largest absolute Gasteiger partial charge is 0.481 e. The van der Waals surface area contributed by atoms with Crippen LogP contribution in [-0.4, -0.2) is 22.3 Å². The van der Waals surface area contributed by atoms with E-state index in [-0.39, 0.29) is 23.4 Å². The van der Waals surface area contributed by atoms with Crippen molar-refractivity contribution < 1.29 is 15.0 Å². The van der Waals surface area contributed by atoms with Crippen molar-refractivity contribution in [3.63, 3.8) is 0 Å². The van der Waals surface area contributed by atoms with Gasteiger partial charge in [0, 0.05) is 0 Å². The highest BCUT2D eigenvalue weighted by Gasteiger charge is 2.45. The summed E-state index contributed by atoms with van der Waals surface area (Å²) < 4.78 is 0. The monoisotopic (exact) mass is 186 g/mol. The van der Waals surface area contributed by atoms with Crippen LogP contribution in [0.4, 0.5) is 0 Å². The van der Waals surface area contributed by atoms with E-state index in [0.29, 0.717) is 12.8 Å². The molecule has 1 rings (SSSR count). The van der Waals surface area contributed by atoms with Gasteiger partial charge in [-0.2, -0.15) is 0 Å². The highest BCUT2D eigenvalue weighted by atomic mass is 16.4. The number of hydrogen-bond donors (Lipinski definition) is 2. The van der Waals surface area contributed by atoms with Gasteiger partial charge >= 0.3 is 5.97 Å². The van der Waals surface area contributed by atoms with E-state index in [1.807, 2.05) is 20.8 Å². The Morgan fingerprint density at radius 3 is 2.38 bits per heavy atom. The Hall–Kier alpha value is -0.570. The number of carboxylic acid groups (broad SMARTS) is 1. The van der Waals surface area contributed by atoms with Crippen LogP contribution in [0.2, 0.25) is 0 Å². The van der Waals surface area contributed by atoms with Gasteiger partial charge in [-0.15, -0.1) is 0 Å². The van der Waals surface area contributed by atoms with Gasteiger partial charge in [-0.1, -0.05) is 20.8 Å². The fourth-order valence-corrected chi connectivity index (χ4v) is 2.21. The first-order valence-electron chi connectivity index (χ1n) is 4.78. The molecule has 3 heteroatoms. The number of rotatable bonds is 1. The summed E-state index contributed by atoms with van der Waals surface area (Å²) in [7, 11) is 0. The maximum atomic E-state index is 10.9. The Balaban J connectivity index is 2.85. The van der Waals surface area contributed by atoms with Crippen molar-refractivity contribution in [2.24, 2.45) is 17.3 Å². The predicted octanol–water partition coefficient (Wildman–Crippen LogP) is 1.50. The summed E-state index contributed by atoms with van der Waals surface area (Å²) in [6, 6.07) is 0. The minimum atomic E-state index is -0.733. The van der Waals surface area contributed by atoms with E-state index < -0.39 is 5.97 Å². The summed E-state index contributed by atoms with van der Waals surface area (Å²) in [4.78, 5) is 10.9. The third-order valence-electron chi connectivity index (χ3n) is 3.70. The second kappa shape index (κ2) is 3.29. The molecule has 0 amide bonds. The fourth-order valence-electron chi connectivity index (χ4n) is 2.21. The second-order valence-electron chi connectivity index (χ2n) is 4.65. The molecule has 1 saturated carbocycles. The lowest BCUT2D eigenvalue weighted by molar-refractivity contribution is -0.153. The molecule has 1 aliphatic rings. The lowest BCUT2D eigenvalue weighted by Gasteiger charge is -2.44. The van der Waals surface area contributed by atoms with Crippen LogP contribution in [0.1, 0.15) is 33.6 Å². The molecule has 0 aromatic rings. The molecule has 0 saturated heterocycles. The lowest BCUT2D eigenvalue weighted by Crippen LogP contribution is -2.45. The van der Waals surface area contributed by atoms with Crippen molar-refractivity contribution in [2.75, 3.05) is 0 Å². The SMILES string of the molecule is C[C@@H]1[C@H](O)CC[C@H](C(=O)O)C1(C)C. The van der Waals surface area contributed by atoms with Gasteiger partial charge in [-0.25, -0.2) is 0 Å². The summed E-state index contributed by atoms with van der Waals surface area (Å²) >= 11 is 0. The lowest BCUT2D eigenvalue weighted by atomic mass is 9.62. The second-order valence-corrected chi connectivity index (χ2v) is 4.65. The van der Waals surface area contributed by atoms with Gasteiger partial charge in [0.05, 0.1) is 12.0 Å². The molecule has 1 fully saturated rings. The first-order chi connectivity index (χ1) is 5.87. The molecule has 76 valence electrons. The fraction of sp³-hybridized carbons (Fsp3) is 0.900. The predicted molar refractivity (Wildman–Crippen MR) is 49.3 cm³/mol. The van der Waals surface area contributed by atoms with Gasteiger partial charge in [-0.3, -0.25) is 4.79 Å². The van der Waals surface area contributed by atoms with E-state index >= 15 is 0 Å². The van der Waals surface area contributed by atoms with Gasteiger partial charge in [0.25, 0.3) is 0 Å². The van der Waals surface area contributed by atoms with E-state index in [0.717, 1.165) is 0 Å².